The van der Waals surface area contributed by atoms with Crippen LogP contribution in [0.5, 0.6) is 0 Å². The number of phosphoric ester groups is 2. The summed E-state index contributed by atoms with van der Waals surface area (Å²) >= 11 is 0. The van der Waals surface area contributed by atoms with Crippen LogP contribution in [0.1, 0.15) is 344 Å². The third-order valence-electron chi connectivity index (χ3n) is 16.8. The molecule has 89 heavy (non-hydrogen) atoms. The number of phosphoric acid groups is 2. The summed E-state index contributed by atoms with van der Waals surface area (Å²) in [5.41, 5.74) is 0. The van der Waals surface area contributed by atoms with E-state index in [4.69, 9.17) is 37.0 Å². The van der Waals surface area contributed by atoms with E-state index < -0.39 is 97.5 Å². The zero-order chi connectivity index (χ0) is 66.1. The lowest BCUT2D eigenvalue weighted by atomic mass is 9.99. The molecule has 0 saturated carbocycles. The van der Waals surface area contributed by atoms with Crippen LogP contribution < -0.4 is 0 Å². The Balaban J connectivity index is 5.20. The molecule has 19 heteroatoms. The van der Waals surface area contributed by atoms with Crippen molar-refractivity contribution in [3.63, 3.8) is 0 Å². The number of carbonyl (C=O) groups excluding carboxylic acids is 4. The van der Waals surface area contributed by atoms with Crippen LogP contribution in [0, 0.1) is 23.7 Å². The molecule has 0 aliphatic carbocycles. The fourth-order valence-electron chi connectivity index (χ4n) is 10.4. The van der Waals surface area contributed by atoms with E-state index in [1.165, 1.54) is 141 Å². The third kappa shape index (κ3) is 62.0. The standard InChI is InChI=1S/C70H136O17P2/c1-9-62(7)48-40-32-23-17-15-13-11-12-14-16-18-26-36-44-52-69(74)86-66(57-81-68(73)51-43-35-29-28-31-39-47-61(5)6)59-85-89(78,79)83-55-64(71)54-82-88(76,77)84-58-65(87-70(75)53-45-37-27-21-22-30-38-46-60(3)4)56-80-67(72)50-42-34-25-20-19-24-33-41-49-63(8)10-2/h60-66,71H,9-59H2,1-8H3,(H,76,77)(H,78,79)/t62?,63?,64-,65-,66-/m1/s1. The molecule has 7 atom stereocenters. The monoisotopic (exact) mass is 1310 g/mol. The highest BCUT2D eigenvalue weighted by atomic mass is 31.2. The van der Waals surface area contributed by atoms with E-state index in [1.54, 1.807) is 0 Å². The topological polar surface area (TPSA) is 237 Å². The second-order valence-corrected chi connectivity index (χ2v) is 29.6. The van der Waals surface area contributed by atoms with Gasteiger partial charge in [0.05, 0.1) is 26.4 Å². The fraction of sp³-hybridized carbons (Fsp3) is 0.943. The van der Waals surface area contributed by atoms with Crippen molar-refractivity contribution < 1.29 is 80.2 Å². The van der Waals surface area contributed by atoms with Gasteiger partial charge in [0.1, 0.15) is 19.3 Å². The first kappa shape index (κ1) is 87.1. The molecule has 4 unspecified atom stereocenters. The molecule has 0 heterocycles. The molecule has 528 valence electrons. The Bertz CT molecular complexity index is 1770. The largest absolute Gasteiger partial charge is 0.472 e. The maximum absolute atomic E-state index is 13.0. The van der Waals surface area contributed by atoms with E-state index >= 15 is 0 Å². The lowest BCUT2D eigenvalue weighted by molar-refractivity contribution is -0.161. The highest BCUT2D eigenvalue weighted by Crippen LogP contribution is 2.45. The lowest BCUT2D eigenvalue weighted by Crippen LogP contribution is -2.30. The average molecular weight is 1310 g/mol. The first-order valence-corrected chi connectivity index (χ1v) is 39.3. The van der Waals surface area contributed by atoms with Gasteiger partial charge in [-0.3, -0.25) is 37.3 Å². The molecule has 0 aromatic rings. The van der Waals surface area contributed by atoms with Gasteiger partial charge in [0.25, 0.3) is 0 Å². The molecule has 0 aromatic heterocycles. The van der Waals surface area contributed by atoms with Crippen molar-refractivity contribution in [3.8, 4) is 0 Å². The van der Waals surface area contributed by atoms with Crippen molar-refractivity contribution in [2.45, 2.75) is 363 Å². The van der Waals surface area contributed by atoms with Gasteiger partial charge in [0, 0.05) is 25.7 Å². The van der Waals surface area contributed by atoms with Gasteiger partial charge in [-0.1, -0.05) is 293 Å². The van der Waals surface area contributed by atoms with Gasteiger partial charge in [0.15, 0.2) is 12.2 Å². The second-order valence-electron chi connectivity index (χ2n) is 26.7. The Labute approximate surface area is 543 Å². The predicted molar refractivity (Wildman–Crippen MR) is 358 cm³/mol. The van der Waals surface area contributed by atoms with Crippen LogP contribution in [0.3, 0.4) is 0 Å². The first-order valence-electron chi connectivity index (χ1n) is 36.3. The van der Waals surface area contributed by atoms with E-state index in [1.807, 2.05) is 0 Å². The van der Waals surface area contributed by atoms with Gasteiger partial charge < -0.3 is 33.8 Å². The van der Waals surface area contributed by atoms with Crippen molar-refractivity contribution in [1.82, 2.24) is 0 Å². The van der Waals surface area contributed by atoms with Crippen molar-refractivity contribution in [3.05, 3.63) is 0 Å². The van der Waals surface area contributed by atoms with Gasteiger partial charge in [-0.25, -0.2) is 9.13 Å². The van der Waals surface area contributed by atoms with Crippen LogP contribution in [0.2, 0.25) is 0 Å². The number of esters is 4. The molecule has 17 nitrogen and oxygen atoms in total. The molecule has 0 bridgehead atoms. The van der Waals surface area contributed by atoms with Crippen LogP contribution in [0.15, 0.2) is 0 Å². The van der Waals surface area contributed by atoms with E-state index in [0.29, 0.717) is 37.5 Å². The Morgan fingerprint density at radius 3 is 0.798 bits per heavy atom. The molecule has 0 fully saturated rings. The number of hydrogen-bond acceptors (Lipinski definition) is 15. The van der Waals surface area contributed by atoms with Gasteiger partial charge >= 0.3 is 39.5 Å². The van der Waals surface area contributed by atoms with Crippen LogP contribution >= 0.6 is 15.6 Å². The summed E-state index contributed by atoms with van der Waals surface area (Å²) < 4.78 is 68.2. The van der Waals surface area contributed by atoms with E-state index in [2.05, 4.69) is 55.4 Å². The number of unbranched alkanes of at least 4 members (excludes halogenated alkanes) is 31. The third-order valence-corrected chi connectivity index (χ3v) is 18.7. The molecule has 0 amide bonds. The molecule has 0 aliphatic heterocycles. The van der Waals surface area contributed by atoms with Crippen molar-refractivity contribution in [2.75, 3.05) is 39.6 Å². The SMILES string of the molecule is CCC(C)CCCCCCCCCCCCCCCCC(=O)O[C@H](COC(=O)CCCCCCCCC(C)C)COP(=O)(O)OC[C@H](O)COP(=O)(O)OC[C@@H](COC(=O)CCCCCCCCCCC(C)CC)OC(=O)CCCCCCCCCC(C)C. The zero-order valence-corrected chi connectivity index (χ0v) is 59.8. The number of hydrogen-bond donors (Lipinski definition) is 3. The number of aliphatic hydroxyl groups is 1. The number of rotatable bonds is 67. The molecule has 0 radical (unpaired) electrons. The molecule has 0 aliphatic rings. The summed E-state index contributed by atoms with van der Waals surface area (Å²) in [6.45, 7) is 14.1. The minimum atomic E-state index is -4.95. The van der Waals surface area contributed by atoms with E-state index in [-0.39, 0.29) is 25.7 Å². The Hall–Kier alpha value is -1.94. The second kappa shape index (κ2) is 59.8. The maximum atomic E-state index is 13.0. The Morgan fingerprint density at radius 2 is 0.539 bits per heavy atom. The fourth-order valence-corrected chi connectivity index (χ4v) is 12.0. The number of aliphatic hydroxyl groups excluding tert-OH is 1. The normalized spacial score (nSPS) is 14.9. The number of ether oxygens (including phenoxy) is 4. The molecule has 0 aromatic carbocycles. The summed E-state index contributed by atoms with van der Waals surface area (Å²) in [5.74, 6) is 0.865. The van der Waals surface area contributed by atoms with Gasteiger partial charge in [-0.05, 0) is 49.4 Å². The highest BCUT2D eigenvalue weighted by Gasteiger charge is 2.30. The predicted octanol–water partition coefficient (Wildman–Crippen LogP) is 19.7. The first-order chi connectivity index (χ1) is 42.7. The highest BCUT2D eigenvalue weighted by molar-refractivity contribution is 7.47. The van der Waals surface area contributed by atoms with Crippen molar-refractivity contribution in [2.24, 2.45) is 23.7 Å². The molecule has 0 spiro atoms. The zero-order valence-electron chi connectivity index (χ0n) is 58.1. The van der Waals surface area contributed by atoms with Crippen molar-refractivity contribution in [1.29, 1.82) is 0 Å². The average Bonchev–Trinajstić information content (AvgIpc) is 3.70. The van der Waals surface area contributed by atoms with Gasteiger partial charge in [-0.2, -0.15) is 0 Å². The van der Waals surface area contributed by atoms with Crippen LogP contribution in [0.4, 0.5) is 0 Å². The van der Waals surface area contributed by atoms with Gasteiger partial charge in [0.2, 0.25) is 0 Å². The van der Waals surface area contributed by atoms with Crippen LogP contribution in [0.25, 0.3) is 0 Å². The smallest absolute Gasteiger partial charge is 0.462 e. The lowest BCUT2D eigenvalue weighted by Gasteiger charge is -2.21. The Kier molecular flexibility index (Phi) is 58.5. The summed E-state index contributed by atoms with van der Waals surface area (Å²) in [4.78, 5) is 72.5. The maximum Gasteiger partial charge on any atom is 0.472 e. The summed E-state index contributed by atoms with van der Waals surface area (Å²) in [6.07, 6.45) is 41.9. The van der Waals surface area contributed by atoms with Crippen LogP contribution in [-0.2, 0) is 65.4 Å². The quantitative estimate of drug-likeness (QED) is 0.0222. The number of carbonyl (C=O) groups is 4. The Morgan fingerprint density at radius 1 is 0.315 bits per heavy atom. The summed E-state index contributed by atoms with van der Waals surface area (Å²) in [6, 6.07) is 0. The molecule has 0 saturated heterocycles. The minimum absolute atomic E-state index is 0.102. The van der Waals surface area contributed by atoms with E-state index in [9.17, 15) is 43.2 Å². The summed E-state index contributed by atoms with van der Waals surface area (Å²) in [5, 5.41) is 10.6. The molecule has 3 N–H and O–H groups in total. The van der Waals surface area contributed by atoms with Gasteiger partial charge in [-0.15, -0.1) is 0 Å². The van der Waals surface area contributed by atoms with Crippen molar-refractivity contribution >= 4 is 39.5 Å². The molecule has 0 rings (SSSR count). The molecular weight excluding hydrogens is 1170 g/mol. The molecular formula is C70H136O17P2. The minimum Gasteiger partial charge on any atom is -0.462 e. The van der Waals surface area contributed by atoms with E-state index in [0.717, 1.165) is 108 Å². The van der Waals surface area contributed by atoms with Crippen LogP contribution in [-0.4, -0.2) is 96.7 Å². The summed E-state index contributed by atoms with van der Waals surface area (Å²) in [7, 11) is -9.90.